The van der Waals surface area contributed by atoms with Crippen LogP contribution in [-0.4, -0.2) is 15.0 Å². The molecule has 0 fully saturated rings. The van der Waals surface area contributed by atoms with Gasteiger partial charge in [-0.25, -0.2) is 15.0 Å². The number of rotatable bonds is 2. The van der Waals surface area contributed by atoms with Crippen LogP contribution in [0, 0.1) is 13.8 Å². The van der Waals surface area contributed by atoms with Crippen LogP contribution in [0.25, 0.3) is 0 Å². The Morgan fingerprint density at radius 3 is 2.73 bits per heavy atom. The van der Waals surface area contributed by atoms with Crippen molar-refractivity contribution in [1.29, 1.82) is 0 Å². The van der Waals surface area contributed by atoms with Crippen LogP contribution in [-0.2, 0) is 0 Å². The minimum absolute atomic E-state index is 0.241. The second-order valence-corrected chi connectivity index (χ2v) is 4.64. The highest BCUT2D eigenvalue weighted by atomic mass is 35.5. The highest BCUT2D eigenvalue weighted by Gasteiger charge is 2.02. The first-order chi connectivity index (χ1) is 7.13. The second-order valence-electron chi connectivity index (χ2n) is 3.06. The number of halogens is 1. The number of nitrogens with one attached hydrogen (secondary N) is 1. The van der Waals surface area contributed by atoms with Crippen LogP contribution in [0.1, 0.15) is 10.6 Å². The molecule has 2 aromatic heterocycles. The molecule has 0 unspecified atom stereocenters. The minimum Gasteiger partial charge on any atom is -0.316 e. The van der Waals surface area contributed by atoms with Crippen LogP contribution in [0.2, 0.25) is 5.28 Å². The lowest BCUT2D eigenvalue weighted by Gasteiger charge is -2.02. The zero-order valence-corrected chi connectivity index (χ0v) is 9.85. The van der Waals surface area contributed by atoms with Crippen molar-refractivity contribution < 1.29 is 0 Å². The summed E-state index contributed by atoms with van der Waals surface area (Å²) in [7, 11) is 0. The van der Waals surface area contributed by atoms with E-state index in [1.165, 1.54) is 0 Å². The first kappa shape index (κ1) is 10.3. The quantitative estimate of drug-likeness (QED) is 0.820. The van der Waals surface area contributed by atoms with Gasteiger partial charge in [0.1, 0.15) is 5.82 Å². The summed E-state index contributed by atoms with van der Waals surface area (Å²) in [4.78, 5) is 13.3. The molecule has 0 amide bonds. The molecule has 0 saturated carbocycles. The fraction of sp³-hybridized carbons (Fsp3) is 0.222. The predicted octanol–water partition coefficient (Wildman–Crippen LogP) is 2.95. The summed E-state index contributed by atoms with van der Waals surface area (Å²) < 4.78 is 0. The molecule has 0 spiro atoms. The molecule has 0 atom stereocenters. The molecule has 2 rings (SSSR count). The van der Waals surface area contributed by atoms with E-state index in [0.29, 0.717) is 5.82 Å². The molecular weight excluding hydrogens is 232 g/mol. The van der Waals surface area contributed by atoms with Crippen molar-refractivity contribution in [3.8, 4) is 0 Å². The number of hydrogen-bond donors (Lipinski definition) is 1. The van der Waals surface area contributed by atoms with E-state index in [0.717, 1.165) is 15.7 Å². The van der Waals surface area contributed by atoms with E-state index in [1.54, 1.807) is 11.3 Å². The summed E-state index contributed by atoms with van der Waals surface area (Å²) in [6.45, 7) is 3.87. The molecule has 4 nitrogen and oxygen atoms in total. The lowest BCUT2D eigenvalue weighted by atomic mass is 10.4. The predicted molar refractivity (Wildman–Crippen MR) is 61.9 cm³/mol. The fourth-order valence-electron chi connectivity index (χ4n) is 1.12. The largest absolute Gasteiger partial charge is 0.316 e. The normalized spacial score (nSPS) is 10.3. The standard InChI is InChI=1S/C9H9ClN4S/c1-5-3-7(13-8(10)12-5)14-9-11-4-6(2)15-9/h3-4H,1-2H3,(H,11,12,13,14). The molecule has 0 aliphatic rings. The molecule has 15 heavy (non-hydrogen) atoms. The molecule has 0 radical (unpaired) electrons. The topological polar surface area (TPSA) is 50.7 Å². The third-order valence-electron chi connectivity index (χ3n) is 1.68. The minimum atomic E-state index is 0.241. The molecule has 0 aromatic carbocycles. The van der Waals surface area contributed by atoms with E-state index in [2.05, 4.69) is 20.3 Å². The van der Waals surface area contributed by atoms with Crippen molar-refractivity contribution in [3.63, 3.8) is 0 Å². The first-order valence-electron chi connectivity index (χ1n) is 4.34. The summed E-state index contributed by atoms with van der Waals surface area (Å²) in [6, 6.07) is 1.82. The van der Waals surface area contributed by atoms with E-state index in [1.807, 2.05) is 26.1 Å². The van der Waals surface area contributed by atoms with Gasteiger partial charge in [0.15, 0.2) is 5.13 Å². The van der Waals surface area contributed by atoms with E-state index in [9.17, 15) is 0 Å². The van der Waals surface area contributed by atoms with E-state index in [-0.39, 0.29) is 5.28 Å². The summed E-state index contributed by atoms with van der Waals surface area (Å²) in [6.07, 6.45) is 1.81. The van der Waals surface area contributed by atoms with Gasteiger partial charge in [-0.2, -0.15) is 0 Å². The van der Waals surface area contributed by atoms with Crippen molar-refractivity contribution in [1.82, 2.24) is 15.0 Å². The smallest absolute Gasteiger partial charge is 0.224 e. The van der Waals surface area contributed by atoms with Gasteiger partial charge in [-0.15, -0.1) is 11.3 Å². The van der Waals surface area contributed by atoms with Gasteiger partial charge in [0.25, 0.3) is 0 Å². The van der Waals surface area contributed by atoms with Gasteiger partial charge in [0.05, 0.1) is 0 Å². The maximum Gasteiger partial charge on any atom is 0.224 e. The summed E-state index contributed by atoms with van der Waals surface area (Å²) in [5.41, 5.74) is 0.825. The van der Waals surface area contributed by atoms with Crippen LogP contribution < -0.4 is 5.32 Å². The van der Waals surface area contributed by atoms with Gasteiger partial charge in [0.2, 0.25) is 5.28 Å². The van der Waals surface area contributed by atoms with Crippen LogP contribution >= 0.6 is 22.9 Å². The van der Waals surface area contributed by atoms with Gasteiger partial charge in [0, 0.05) is 22.8 Å². The Hall–Kier alpha value is -1.20. The van der Waals surface area contributed by atoms with Crippen LogP contribution in [0.15, 0.2) is 12.3 Å². The van der Waals surface area contributed by atoms with E-state index < -0.39 is 0 Å². The number of hydrogen-bond acceptors (Lipinski definition) is 5. The van der Waals surface area contributed by atoms with Gasteiger partial charge in [-0.05, 0) is 25.4 Å². The Morgan fingerprint density at radius 2 is 2.13 bits per heavy atom. The van der Waals surface area contributed by atoms with Crippen molar-refractivity contribution in [2.75, 3.05) is 5.32 Å². The van der Waals surface area contributed by atoms with Crippen molar-refractivity contribution in [2.45, 2.75) is 13.8 Å². The van der Waals surface area contributed by atoms with Crippen molar-refractivity contribution >= 4 is 33.9 Å². The molecule has 0 bridgehead atoms. The number of thiazole rings is 1. The second kappa shape index (κ2) is 4.12. The Labute approximate surface area is 96.4 Å². The fourth-order valence-corrected chi connectivity index (χ4v) is 2.01. The molecule has 6 heteroatoms. The van der Waals surface area contributed by atoms with E-state index >= 15 is 0 Å². The lowest BCUT2D eigenvalue weighted by molar-refractivity contribution is 1.10. The van der Waals surface area contributed by atoms with Gasteiger partial charge in [-0.3, -0.25) is 0 Å². The van der Waals surface area contributed by atoms with Gasteiger partial charge < -0.3 is 5.32 Å². The molecule has 78 valence electrons. The number of aryl methyl sites for hydroxylation is 2. The van der Waals surface area contributed by atoms with Gasteiger partial charge >= 0.3 is 0 Å². The monoisotopic (exact) mass is 240 g/mol. The average molecular weight is 241 g/mol. The molecule has 0 aliphatic carbocycles. The SMILES string of the molecule is Cc1cc(Nc2ncc(C)s2)nc(Cl)n1. The van der Waals surface area contributed by atoms with Crippen molar-refractivity contribution in [2.24, 2.45) is 0 Å². The molecule has 2 aromatic rings. The summed E-state index contributed by atoms with van der Waals surface area (Å²) in [5, 5.41) is 4.13. The van der Waals surface area contributed by atoms with Crippen LogP contribution in [0.4, 0.5) is 10.9 Å². The van der Waals surface area contributed by atoms with Crippen molar-refractivity contribution in [3.05, 3.63) is 28.1 Å². The Kier molecular flexibility index (Phi) is 2.83. The molecule has 0 saturated heterocycles. The number of anilines is 2. The van der Waals surface area contributed by atoms with E-state index in [4.69, 9.17) is 11.6 Å². The zero-order valence-electron chi connectivity index (χ0n) is 8.28. The molecule has 0 aliphatic heterocycles. The lowest BCUT2D eigenvalue weighted by Crippen LogP contribution is -1.95. The maximum absolute atomic E-state index is 5.74. The Morgan fingerprint density at radius 1 is 1.33 bits per heavy atom. The van der Waals surface area contributed by atoms with Crippen LogP contribution in [0.3, 0.4) is 0 Å². The third kappa shape index (κ3) is 2.64. The molecule has 2 heterocycles. The highest BCUT2D eigenvalue weighted by molar-refractivity contribution is 7.15. The molecule has 1 N–H and O–H groups in total. The summed E-state index contributed by atoms with van der Waals surface area (Å²) in [5.74, 6) is 0.668. The first-order valence-corrected chi connectivity index (χ1v) is 5.53. The van der Waals surface area contributed by atoms with Crippen LogP contribution in [0.5, 0.6) is 0 Å². The number of nitrogens with zero attached hydrogens (tertiary/aromatic N) is 3. The molecular formula is C9H9ClN4S. The maximum atomic E-state index is 5.74. The zero-order chi connectivity index (χ0) is 10.8. The Bertz CT molecular complexity index is 462. The Balaban J connectivity index is 2.24. The third-order valence-corrected chi connectivity index (χ3v) is 2.68. The average Bonchev–Trinajstić information content (AvgIpc) is 2.49. The van der Waals surface area contributed by atoms with Gasteiger partial charge in [-0.1, -0.05) is 0 Å². The highest BCUT2D eigenvalue weighted by Crippen LogP contribution is 2.21. The number of aromatic nitrogens is 3. The summed E-state index contributed by atoms with van der Waals surface area (Å²) >= 11 is 7.31.